The molecule has 0 aliphatic carbocycles. The van der Waals surface area contributed by atoms with E-state index in [1.54, 1.807) is 11.3 Å². The molecule has 2 rings (SSSR count). The zero-order valence-electron chi connectivity index (χ0n) is 8.97. The number of nitrogens with two attached hydrogens (primary N) is 1. The molecule has 0 spiro atoms. The lowest BCUT2D eigenvalue weighted by Gasteiger charge is -2.11. The Balaban J connectivity index is 2.33. The smallest absolute Gasteiger partial charge is 0.200 e. The molecule has 0 bridgehead atoms. The van der Waals surface area contributed by atoms with Crippen LogP contribution in [0.2, 0.25) is 0 Å². The van der Waals surface area contributed by atoms with Crippen molar-refractivity contribution < 1.29 is 0 Å². The summed E-state index contributed by atoms with van der Waals surface area (Å²) in [6.07, 6.45) is 0.408. The molecule has 1 heterocycles. The number of hydrazine groups is 1. The molecule has 0 fully saturated rings. The number of thiazole rings is 1. The monoisotopic (exact) mass is 232 g/mol. The van der Waals surface area contributed by atoms with Crippen LogP contribution in [0, 0.1) is 18.3 Å². The van der Waals surface area contributed by atoms with Gasteiger partial charge in [-0.3, -0.25) is 5.01 Å². The van der Waals surface area contributed by atoms with Crippen molar-refractivity contribution in [3.05, 3.63) is 23.8 Å². The van der Waals surface area contributed by atoms with Crippen LogP contribution < -0.4 is 10.9 Å². The van der Waals surface area contributed by atoms with Gasteiger partial charge in [0.15, 0.2) is 0 Å². The summed E-state index contributed by atoms with van der Waals surface area (Å²) in [5.41, 5.74) is 2.14. The maximum atomic E-state index is 8.50. The van der Waals surface area contributed by atoms with E-state index in [2.05, 4.69) is 11.1 Å². The van der Waals surface area contributed by atoms with Crippen molar-refractivity contribution in [3.63, 3.8) is 0 Å². The third kappa shape index (κ3) is 1.98. The van der Waals surface area contributed by atoms with Gasteiger partial charge in [-0.2, -0.15) is 5.26 Å². The van der Waals surface area contributed by atoms with Crippen molar-refractivity contribution in [1.82, 2.24) is 4.98 Å². The molecule has 0 aliphatic rings. The van der Waals surface area contributed by atoms with Gasteiger partial charge < -0.3 is 0 Å². The van der Waals surface area contributed by atoms with Crippen LogP contribution in [0.1, 0.15) is 12.0 Å². The second kappa shape index (κ2) is 4.47. The van der Waals surface area contributed by atoms with Crippen molar-refractivity contribution in [3.8, 4) is 6.07 Å². The van der Waals surface area contributed by atoms with Gasteiger partial charge >= 0.3 is 0 Å². The van der Waals surface area contributed by atoms with Crippen molar-refractivity contribution in [2.45, 2.75) is 13.3 Å². The lowest BCUT2D eigenvalue weighted by Crippen LogP contribution is -2.31. The fraction of sp³-hybridized carbons (Fsp3) is 0.273. The summed E-state index contributed by atoms with van der Waals surface area (Å²) in [5, 5.41) is 10.8. The van der Waals surface area contributed by atoms with E-state index in [1.807, 2.05) is 25.1 Å². The molecule has 16 heavy (non-hydrogen) atoms. The van der Waals surface area contributed by atoms with Crippen LogP contribution in [0.3, 0.4) is 0 Å². The molecule has 0 radical (unpaired) electrons. The number of nitriles is 1. The number of hydrogen-bond donors (Lipinski definition) is 1. The molecule has 2 N–H and O–H groups in total. The Morgan fingerprint density at radius 1 is 1.56 bits per heavy atom. The van der Waals surface area contributed by atoms with Gasteiger partial charge in [-0.1, -0.05) is 23.5 Å². The van der Waals surface area contributed by atoms with Crippen LogP contribution in [0.15, 0.2) is 18.2 Å². The Kier molecular flexibility index (Phi) is 3.04. The molecule has 82 valence electrons. The summed E-state index contributed by atoms with van der Waals surface area (Å²) in [4.78, 5) is 4.48. The Hall–Kier alpha value is -1.64. The highest BCUT2D eigenvalue weighted by molar-refractivity contribution is 7.22. The molecule has 5 heteroatoms. The summed E-state index contributed by atoms with van der Waals surface area (Å²) in [6.45, 7) is 2.54. The number of aromatic nitrogens is 1. The minimum absolute atomic E-state index is 0.408. The average Bonchev–Trinajstić information content (AvgIpc) is 2.71. The summed E-state index contributed by atoms with van der Waals surface area (Å²) in [7, 11) is 0. The van der Waals surface area contributed by atoms with Gasteiger partial charge in [0.25, 0.3) is 0 Å². The maximum absolute atomic E-state index is 8.50. The first kappa shape index (κ1) is 10.9. The van der Waals surface area contributed by atoms with Gasteiger partial charge in [0.1, 0.15) is 0 Å². The minimum atomic E-state index is 0.408. The molecule has 0 saturated heterocycles. The molecule has 0 amide bonds. The molecule has 1 aromatic carbocycles. The Labute approximate surface area is 97.9 Å². The number of hydrogen-bond acceptors (Lipinski definition) is 5. The molecule has 0 unspecified atom stereocenters. The number of aryl methyl sites for hydroxylation is 1. The number of nitrogens with zero attached hydrogens (tertiary/aromatic N) is 3. The van der Waals surface area contributed by atoms with E-state index in [0.717, 1.165) is 20.9 Å². The van der Waals surface area contributed by atoms with Crippen molar-refractivity contribution in [1.29, 1.82) is 5.26 Å². The highest BCUT2D eigenvalue weighted by atomic mass is 32.1. The zero-order chi connectivity index (χ0) is 11.5. The quantitative estimate of drug-likeness (QED) is 0.650. The van der Waals surface area contributed by atoms with Crippen LogP contribution >= 0.6 is 11.3 Å². The maximum Gasteiger partial charge on any atom is 0.200 e. The van der Waals surface area contributed by atoms with Gasteiger partial charge in [0.2, 0.25) is 5.13 Å². The fourth-order valence-electron chi connectivity index (χ4n) is 1.46. The van der Waals surface area contributed by atoms with Crippen molar-refractivity contribution in [2.75, 3.05) is 11.6 Å². The van der Waals surface area contributed by atoms with Gasteiger partial charge in [0, 0.05) is 6.54 Å². The van der Waals surface area contributed by atoms with Crippen LogP contribution in [-0.2, 0) is 0 Å². The van der Waals surface area contributed by atoms with E-state index in [1.165, 1.54) is 5.01 Å². The molecule has 0 atom stereocenters. The number of para-hydroxylation sites is 1. The standard InChI is InChI=1S/C11H12N4S/c1-8-4-2-5-9-10(8)14-11(16-9)15(13)7-3-6-12/h2,4-5H,3,7,13H2,1H3. The second-order valence-corrected chi connectivity index (χ2v) is 4.53. The Bertz CT molecular complexity index is 540. The third-order valence-corrected chi connectivity index (χ3v) is 3.38. The van der Waals surface area contributed by atoms with E-state index in [0.29, 0.717) is 13.0 Å². The summed E-state index contributed by atoms with van der Waals surface area (Å²) in [5.74, 6) is 5.83. The summed E-state index contributed by atoms with van der Waals surface area (Å²) in [6, 6.07) is 8.14. The number of benzene rings is 1. The van der Waals surface area contributed by atoms with Gasteiger partial charge in [-0.15, -0.1) is 0 Å². The molecular weight excluding hydrogens is 220 g/mol. The topological polar surface area (TPSA) is 65.9 Å². The van der Waals surface area contributed by atoms with Gasteiger partial charge in [-0.25, -0.2) is 10.8 Å². The lowest BCUT2D eigenvalue weighted by molar-refractivity contribution is 0.841. The first-order valence-corrected chi connectivity index (χ1v) is 5.79. The molecule has 2 aromatic rings. The lowest BCUT2D eigenvalue weighted by atomic mass is 10.2. The predicted octanol–water partition coefficient (Wildman–Crippen LogP) is 2.20. The highest BCUT2D eigenvalue weighted by Crippen LogP contribution is 2.29. The molecule has 0 aliphatic heterocycles. The number of rotatable bonds is 3. The first-order chi connectivity index (χ1) is 7.72. The largest absolute Gasteiger partial charge is 0.285 e. The second-order valence-electron chi connectivity index (χ2n) is 3.52. The Morgan fingerprint density at radius 3 is 3.06 bits per heavy atom. The average molecular weight is 232 g/mol. The zero-order valence-corrected chi connectivity index (χ0v) is 9.79. The van der Waals surface area contributed by atoms with E-state index in [-0.39, 0.29) is 0 Å². The first-order valence-electron chi connectivity index (χ1n) is 4.97. The van der Waals surface area contributed by atoms with Gasteiger partial charge in [0.05, 0.1) is 22.7 Å². The normalized spacial score (nSPS) is 10.3. The molecular formula is C11H12N4S. The Morgan fingerprint density at radius 2 is 2.38 bits per heavy atom. The molecule has 1 aromatic heterocycles. The van der Waals surface area contributed by atoms with E-state index >= 15 is 0 Å². The van der Waals surface area contributed by atoms with Crippen LogP contribution in [0.25, 0.3) is 10.2 Å². The molecule has 0 saturated carbocycles. The fourth-order valence-corrected chi connectivity index (χ4v) is 2.46. The molecule has 4 nitrogen and oxygen atoms in total. The SMILES string of the molecule is Cc1cccc2sc(N(N)CCC#N)nc12. The van der Waals surface area contributed by atoms with Crippen molar-refractivity contribution >= 4 is 26.7 Å². The number of anilines is 1. The minimum Gasteiger partial charge on any atom is -0.285 e. The van der Waals surface area contributed by atoms with Crippen molar-refractivity contribution in [2.24, 2.45) is 5.84 Å². The van der Waals surface area contributed by atoms with Crippen LogP contribution in [-0.4, -0.2) is 11.5 Å². The van der Waals surface area contributed by atoms with E-state index in [9.17, 15) is 0 Å². The van der Waals surface area contributed by atoms with E-state index in [4.69, 9.17) is 11.1 Å². The third-order valence-electron chi connectivity index (χ3n) is 2.32. The van der Waals surface area contributed by atoms with E-state index < -0.39 is 0 Å². The highest BCUT2D eigenvalue weighted by Gasteiger charge is 2.09. The summed E-state index contributed by atoms with van der Waals surface area (Å²) >= 11 is 1.55. The van der Waals surface area contributed by atoms with Gasteiger partial charge in [-0.05, 0) is 18.6 Å². The predicted molar refractivity (Wildman–Crippen MR) is 66.1 cm³/mol. The van der Waals surface area contributed by atoms with Crippen LogP contribution in [0.5, 0.6) is 0 Å². The summed E-state index contributed by atoms with van der Waals surface area (Å²) < 4.78 is 1.13. The van der Waals surface area contributed by atoms with Crippen LogP contribution in [0.4, 0.5) is 5.13 Å². The number of fused-ring (bicyclic) bond motifs is 1.